The first kappa shape index (κ1) is 13.3. The van der Waals surface area contributed by atoms with Crippen molar-refractivity contribution in [2.24, 2.45) is 0 Å². The molecule has 0 atom stereocenters. The van der Waals surface area contributed by atoms with Crippen LogP contribution in [-0.4, -0.2) is 10.1 Å². The predicted molar refractivity (Wildman–Crippen MR) is 65.6 cm³/mol. The Morgan fingerprint density at radius 1 is 0.800 bits per heavy atom. The molecule has 0 saturated heterocycles. The van der Waals surface area contributed by atoms with Crippen LogP contribution < -0.4 is 0 Å². The summed E-state index contributed by atoms with van der Waals surface area (Å²) in [6, 6.07) is 0. The molecule has 1 saturated carbocycles. The average Bonchev–Trinajstić information content (AvgIpc) is 2.14. The Morgan fingerprint density at radius 3 is 1.73 bits per heavy atom. The van der Waals surface area contributed by atoms with E-state index in [1.54, 1.807) is 0 Å². The highest BCUT2D eigenvalue weighted by Gasteiger charge is 2.22. The van der Waals surface area contributed by atoms with Gasteiger partial charge in [0.25, 0.3) is 0 Å². The molecule has 1 aliphatic carbocycles. The van der Waals surface area contributed by atoms with Gasteiger partial charge in [-0.25, -0.2) is 0 Å². The van der Waals surface area contributed by atoms with Crippen LogP contribution in [0.2, 0.25) is 0 Å². The van der Waals surface area contributed by atoms with Crippen molar-refractivity contribution in [3.05, 3.63) is 0 Å². The molecule has 3 heteroatoms. The van der Waals surface area contributed by atoms with Crippen molar-refractivity contribution in [3.63, 3.8) is 0 Å². The standard InChI is InChI=1S/C12H20Cl2O/c13-12(14)9-5-1-3-7-11(15)8-4-2-6-10-12/h1-10H2. The molecule has 0 amide bonds. The lowest BCUT2D eigenvalue weighted by molar-refractivity contribution is -0.119. The SMILES string of the molecule is O=C1CCCCCC(Cl)(Cl)CCCCC1. The molecule has 1 fully saturated rings. The van der Waals surface area contributed by atoms with Crippen LogP contribution in [0.5, 0.6) is 0 Å². The fraction of sp³-hybridized carbons (Fsp3) is 0.917. The lowest BCUT2D eigenvalue weighted by atomic mass is 10.00. The molecular weight excluding hydrogens is 231 g/mol. The van der Waals surface area contributed by atoms with Gasteiger partial charge in [-0.15, -0.1) is 23.2 Å². The largest absolute Gasteiger partial charge is 0.300 e. The van der Waals surface area contributed by atoms with Gasteiger partial charge in [0.1, 0.15) is 10.1 Å². The number of halogens is 2. The number of carbonyl (C=O) groups is 1. The molecule has 1 rings (SSSR count). The van der Waals surface area contributed by atoms with E-state index in [4.69, 9.17) is 23.2 Å². The van der Waals surface area contributed by atoms with Crippen molar-refractivity contribution in [3.8, 4) is 0 Å². The van der Waals surface area contributed by atoms with E-state index in [1.165, 1.54) is 0 Å². The number of rotatable bonds is 0. The Morgan fingerprint density at radius 2 is 1.27 bits per heavy atom. The van der Waals surface area contributed by atoms with Crippen molar-refractivity contribution in [1.29, 1.82) is 0 Å². The summed E-state index contributed by atoms with van der Waals surface area (Å²) in [6.45, 7) is 0. The zero-order valence-electron chi connectivity index (χ0n) is 9.24. The third kappa shape index (κ3) is 6.42. The van der Waals surface area contributed by atoms with Crippen LogP contribution in [0.25, 0.3) is 0 Å². The van der Waals surface area contributed by atoms with E-state index in [0.717, 1.165) is 64.2 Å². The molecule has 0 aromatic carbocycles. The number of hydrogen-bond acceptors (Lipinski definition) is 1. The first-order chi connectivity index (χ1) is 7.10. The number of ketones is 1. The second-order valence-electron chi connectivity index (χ2n) is 4.52. The van der Waals surface area contributed by atoms with Crippen LogP contribution in [0.3, 0.4) is 0 Å². The van der Waals surface area contributed by atoms with Gasteiger partial charge >= 0.3 is 0 Å². The van der Waals surface area contributed by atoms with Crippen molar-refractivity contribution < 1.29 is 4.79 Å². The van der Waals surface area contributed by atoms with E-state index in [1.807, 2.05) is 0 Å². The van der Waals surface area contributed by atoms with Crippen LogP contribution in [0.15, 0.2) is 0 Å². The number of carbonyl (C=O) groups excluding carboxylic acids is 1. The highest BCUT2D eigenvalue weighted by atomic mass is 35.5. The van der Waals surface area contributed by atoms with E-state index in [0.29, 0.717) is 5.78 Å². The second-order valence-corrected chi connectivity index (χ2v) is 6.16. The maximum absolute atomic E-state index is 11.4. The third-order valence-electron chi connectivity index (χ3n) is 3.00. The van der Waals surface area contributed by atoms with Crippen molar-refractivity contribution in [2.45, 2.75) is 68.5 Å². The summed E-state index contributed by atoms with van der Waals surface area (Å²) in [5.41, 5.74) is 0. The molecule has 0 unspecified atom stereocenters. The summed E-state index contributed by atoms with van der Waals surface area (Å²) in [5.74, 6) is 0.429. The summed E-state index contributed by atoms with van der Waals surface area (Å²) in [7, 11) is 0. The molecule has 0 spiro atoms. The van der Waals surface area contributed by atoms with Gasteiger partial charge in [-0.2, -0.15) is 0 Å². The molecule has 0 aliphatic heterocycles. The molecule has 0 radical (unpaired) electrons. The molecular formula is C12H20Cl2O. The summed E-state index contributed by atoms with van der Waals surface area (Å²) in [5, 5.41) is 0. The van der Waals surface area contributed by atoms with E-state index in [2.05, 4.69) is 0 Å². The van der Waals surface area contributed by atoms with Crippen LogP contribution in [0, 0.1) is 0 Å². The minimum absolute atomic E-state index is 0.429. The Kier molecular flexibility index (Phi) is 5.99. The van der Waals surface area contributed by atoms with Gasteiger partial charge < -0.3 is 0 Å². The van der Waals surface area contributed by atoms with Gasteiger partial charge in [0.2, 0.25) is 0 Å². The van der Waals surface area contributed by atoms with Crippen molar-refractivity contribution in [2.75, 3.05) is 0 Å². The smallest absolute Gasteiger partial charge is 0.132 e. The third-order valence-corrected chi connectivity index (χ3v) is 3.75. The van der Waals surface area contributed by atoms with Crippen molar-refractivity contribution >= 4 is 29.0 Å². The van der Waals surface area contributed by atoms with Crippen molar-refractivity contribution in [1.82, 2.24) is 0 Å². The number of alkyl halides is 2. The van der Waals surface area contributed by atoms with Crippen LogP contribution in [0.1, 0.15) is 64.2 Å². The molecule has 1 aliphatic rings. The fourth-order valence-electron chi connectivity index (χ4n) is 2.02. The maximum atomic E-state index is 11.4. The molecule has 0 heterocycles. The lowest BCUT2D eigenvalue weighted by Gasteiger charge is -2.19. The normalized spacial score (nSPS) is 25.3. The second kappa shape index (κ2) is 6.75. The fourth-order valence-corrected chi connectivity index (χ4v) is 2.55. The zero-order valence-corrected chi connectivity index (χ0v) is 10.7. The molecule has 15 heavy (non-hydrogen) atoms. The molecule has 0 N–H and O–H groups in total. The first-order valence-corrected chi connectivity index (χ1v) is 6.75. The molecule has 0 aromatic rings. The highest BCUT2D eigenvalue weighted by molar-refractivity contribution is 6.48. The Hall–Kier alpha value is 0.250. The monoisotopic (exact) mass is 250 g/mol. The summed E-state index contributed by atoms with van der Waals surface area (Å²) in [4.78, 5) is 11.4. The van der Waals surface area contributed by atoms with Crippen LogP contribution in [-0.2, 0) is 4.79 Å². The van der Waals surface area contributed by atoms with Gasteiger partial charge in [0, 0.05) is 12.8 Å². The molecule has 0 aromatic heterocycles. The van der Waals surface area contributed by atoms with E-state index < -0.39 is 4.33 Å². The zero-order chi connectivity index (χ0) is 11.1. The van der Waals surface area contributed by atoms with E-state index >= 15 is 0 Å². The van der Waals surface area contributed by atoms with Crippen LogP contribution >= 0.6 is 23.2 Å². The average molecular weight is 251 g/mol. The summed E-state index contributed by atoms with van der Waals surface area (Å²) >= 11 is 12.4. The van der Waals surface area contributed by atoms with E-state index in [-0.39, 0.29) is 0 Å². The Labute approximate surface area is 103 Å². The van der Waals surface area contributed by atoms with Gasteiger partial charge in [0.15, 0.2) is 0 Å². The predicted octanol–water partition coefficient (Wildman–Crippen LogP) is 4.64. The van der Waals surface area contributed by atoms with Crippen LogP contribution in [0.4, 0.5) is 0 Å². The van der Waals surface area contributed by atoms with Gasteiger partial charge in [0.05, 0.1) is 0 Å². The number of Topliss-reactive ketones (excluding diaryl/α,β-unsaturated/α-hetero) is 1. The van der Waals surface area contributed by atoms with Gasteiger partial charge in [-0.3, -0.25) is 4.79 Å². The number of hydrogen-bond donors (Lipinski definition) is 0. The molecule has 1 nitrogen and oxygen atoms in total. The van der Waals surface area contributed by atoms with Gasteiger partial charge in [-0.05, 0) is 25.7 Å². The Balaban J connectivity index is 2.33. The summed E-state index contributed by atoms with van der Waals surface area (Å²) < 4.78 is -0.525. The van der Waals surface area contributed by atoms with E-state index in [9.17, 15) is 4.79 Å². The quantitative estimate of drug-likeness (QED) is 0.573. The first-order valence-electron chi connectivity index (χ1n) is 6.00. The minimum atomic E-state index is -0.525. The lowest BCUT2D eigenvalue weighted by Crippen LogP contribution is -2.13. The highest BCUT2D eigenvalue weighted by Crippen LogP contribution is 2.34. The summed E-state index contributed by atoms with van der Waals surface area (Å²) in [6.07, 6.45) is 9.47. The molecule has 88 valence electrons. The topological polar surface area (TPSA) is 17.1 Å². The van der Waals surface area contributed by atoms with Gasteiger partial charge in [-0.1, -0.05) is 25.7 Å². The molecule has 0 bridgehead atoms. The Bertz CT molecular complexity index is 184. The maximum Gasteiger partial charge on any atom is 0.132 e. The minimum Gasteiger partial charge on any atom is -0.300 e.